The summed E-state index contributed by atoms with van der Waals surface area (Å²) in [4.78, 5) is 8.69. The second kappa shape index (κ2) is 5.75. The van der Waals surface area contributed by atoms with Gasteiger partial charge in [0.15, 0.2) is 5.65 Å². The van der Waals surface area contributed by atoms with Crippen molar-refractivity contribution in [3.63, 3.8) is 0 Å². The first-order chi connectivity index (χ1) is 10.3. The van der Waals surface area contributed by atoms with Gasteiger partial charge in [-0.1, -0.05) is 24.3 Å². The predicted molar refractivity (Wildman–Crippen MR) is 84.6 cm³/mol. The van der Waals surface area contributed by atoms with Gasteiger partial charge in [-0.3, -0.25) is 0 Å². The number of benzene rings is 1. The smallest absolute Gasteiger partial charge is 0.168 e. The average Bonchev–Trinajstić information content (AvgIpc) is 2.93. The van der Waals surface area contributed by atoms with Crippen LogP contribution in [0.1, 0.15) is 13.3 Å². The third-order valence-electron chi connectivity index (χ3n) is 3.27. The molecule has 0 aliphatic carbocycles. The SMILES string of the molecule is C=CCC(C)Nc1ncnc2c1cnn2-c1ccccc1. The molecule has 0 radical (unpaired) electrons. The first-order valence-corrected chi connectivity index (χ1v) is 6.91. The summed E-state index contributed by atoms with van der Waals surface area (Å²) in [5, 5.41) is 8.72. The van der Waals surface area contributed by atoms with E-state index in [4.69, 9.17) is 0 Å². The fraction of sp³-hybridized carbons (Fsp3) is 0.188. The Bertz CT molecular complexity index is 748. The van der Waals surface area contributed by atoms with Crippen molar-refractivity contribution in [1.29, 1.82) is 0 Å². The average molecular weight is 279 g/mol. The van der Waals surface area contributed by atoms with Gasteiger partial charge in [-0.15, -0.1) is 6.58 Å². The molecule has 1 unspecified atom stereocenters. The number of nitrogens with zero attached hydrogens (tertiary/aromatic N) is 4. The van der Waals surface area contributed by atoms with E-state index in [2.05, 4.69) is 33.9 Å². The lowest BCUT2D eigenvalue weighted by molar-refractivity contribution is 0.808. The van der Waals surface area contributed by atoms with Gasteiger partial charge in [-0.2, -0.15) is 5.10 Å². The zero-order valence-corrected chi connectivity index (χ0v) is 11.9. The Kier molecular flexibility index (Phi) is 3.64. The van der Waals surface area contributed by atoms with Crippen molar-refractivity contribution in [2.45, 2.75) is 19.4 Å². The fourth-order valence-electron chi connectivity index (χ4n) is 2.26. The van der Waals surface area contributed by atoms with Crippen LogP contribution in [0.4, 0.5) is 5.82 Å². The minimum atomic E-state index is 0.265. The van der Waals surface area contributed by atoms with Crippen LogP contribution in [-0.2, 0) is 0 Å². The van der Waals surface area contributed by atoms with Crippen LogP contribution in [0.5, 0.6) is 0 Å². The molecule has 3 rings (SSSR count). The second-order valence-electron chi connectivity index (χ2n) is 4.92. The topological polar surface area (TPSA) is 55.6 Å². The van der Waals surface area contributed by atoms with Crippen molar-refractivity contribution in [2.24, 2.45) is 0 Å². The van der Waals surface area contributed by atoms with E-state index in [0.29, 0.717) is 0 Å². The Hall–Kier alpha value is -2.69. The molecule has 0 aliphatic heterocycles. The Morgan fingerprint density at radius 3 is 2.86 bits per heavy atom. The number of hydrogen-bond acceptors (Lipinski definition) is 4. The molecule has 0 aliphatic rings. The van der Waals surface area contributed by atoms with Crippen molar-refractivity contribution in [1.82, 2.24) is 19.7 Å². The standard InChI is InChI=1S/C16H17N5/c1-3-7-12(2)20-15-14-10-19-21(16(14)18-11-17-15)13-8-5-4-6-9-13/h3-6,8-12H,1,7H2,2H3,(H,17,18,20). The molecule has 1 aromatic carbocycles. The molecule has 5 nitrogen and oxygen atoms in total. The lowest BCUT2D eigenvalue weighted by atomic mass is 10.2. The van der Waals surface area contributed by atoms with Crippen molar-refractivity contribution in [2.75, 3.05) is 5.32 Å². The van der Waals surface area contributed by atoms with Crippen molar-refractivity contribution >= 4 is 16.9 Å². The third-order valence-corrected chi connectivity index (χ3v) is 3.27. The van der Waals surface area contributed by atoms with Crippen LogP contribution in [0, 0.1) is 0 Å². The molecule has 3 aromatic rings. The predicted octanol–water partition coefficient (Wildman–Crippen LogP) is 3.19. The van der Waals surface area contributed by atoms with E-state index in [-0.39, 0.29) is 6.04 Å². The number of hydrogen-bond donors (Lipinski definition) is 1. The minimum absolute atomic E-state index is 0.265. The quantitative estimate of drug-likeness (QED) is 0.729. The zero-order chi connectivity index (χ0) is 14.7. The molecule has 106 valence electrons. The summed E-state index contributed by atoms with van der Waals surface area (Å²) in [5.41, 5.74) is 1.78. The molecule has 0 saturated heterocycles. The highest BCUT2D eigenvalue weighted by Gasteiger charge is 2.12. The number of anilines is 1. The first kappa shape index (κ1) is 13.3. The summed E-state index contributed by atoms with van der Waals surface area (Å²) in [6.07, 6.45) is 6.12. The maximum atomic E-state index is 4.43. The molecule has 1 atom stereocenters. The van der Waals surface area contributed by atoms with Crippen LogP contribution in [0.3, 0.4) is 0 Å². The van der Waals surface area contributed by atoms with Crippen LogP contribution in [-0.4, -0.2) is 25.8 Å². The van der Waals surface area contributed by atoms with Crippen LogP contribution in [0.15, 0.2) is 55.5 Å². The Morgan fingerprint density at radius 2 is 2.10 bits per heavy atom. The molecule has 0 saturated carbocycles. The maximum Gasteiger partial charge on any atom is 0.168 e. The van der Waals surface area contributed by atoms with Crippen LogP contribution < -0.4 is 5.32 Å². The van der Waals surface area contributed by atoms with Gasteiger partial charge in [0.1, 0.15) is 12.1 Å². The van der Waals surface area contributed by atoms with Gasteiger partial charge in [0.2, 0.25) is 0 Å². The summed E-state index contributed by atoms with van der Waals surface area (Å²) >= 11 is 0. The van der Waals surface area contributed by atoms with E-state index >= 15 is 0 Å². The fourth-order valence-corrected chi connectivity index (χ4v) is 2.26. The van der Waals surface area contributed by atoms with E-state index in [1.54, 1.807) is 12.5 Å². The molecule has 5 heteroatoms. The molecule has 2 heterocycles. The Morgan fingerprint density at radius 1 is 1.29 bits per heavy atom. The van der Waals surface area contributed by atoms with Gasteiger partial charge in [-0.05, 0) is 25.5 Å². The van der Waals surface area contributed by atoms with Crippen molar-refractivity contribution in [3.05, 3.63) is 55.5 Å². The third kappa shape index (κ3) is 2.63. The van der Waals surface area contributed by atoms with Crippen LogP contribution >= 0.6 is 0 Å². The Labute approximate surface area is 123 Å². The largest absolute Gasteiger partial charge is 0.367 e. The van der Waals surface area contributed by atoms with E-state index in [0.717, 1.165) is 29.0 Å². The number of rotatable bonds is 5. The molecule has 21 heavy (non-hydrogen) atoms. The summed E-state index contributed by atoms with van der Waals surface area (Å²) in [6, 6.07) is 10.2. The zero-order valence-electron chi connectivity index (χ0n) is 11.9. The maximum absolute atomic E-state index is 4.43. The van der Waals surface area contributed by atoms with Crippen molar-refractivity contribution in [3.8, 4) is 5.69 Å². The highest BCUT2D eigenvalue weighted by Crippen LogP contribution is 2.22. The molecule has 2 aromatic heterocycles. The lowest BCUT2D eigenvalue weighted by Gasteiger charge is -2.12. The highest BCUT2D eigenvalue weighted by atomic mass is 15.3. The van der Waals surface area contributed by atoms with E-state index in [9.17, 15) is 0 Å². The summed E-state index contributed by atoms with van der Waals surface area (Å²) < 4.78 is 1.82. The van der Waals surface area contributed by atoms with Crippen molar-refractivity contribution < 1.29 is 0 Å². The lowest BCUT2D eigenvalue weighted by Crippen LogP contribution is -2.15. The summed E-state index contributed by atoms with van der Waals surface area (Å²) in [6.45, 7) is 5.85. The van der Waals surface area contributed by atoms with Crippen LogP contribution in [0.25, 0.3) is 16.7 Å². The first-order valence-electron chi connectivity index (χ1n) is 6.91. The van der Waals surface area contributed by atoms with Crippen LogP contribution in [0.2, 0.25) is 0 Å². The minimum Gasteiger partial charge on any atom is -0.367 e. The van der Waals surface area contributed by atoms with Gasteiger partial charge in [0.05, 0.1) is 17.3 Å². The van der Waals surface area contributed by atoms with Gasteiger partial charge in [0.25, 0.3) is 0 Å². The molecule has 0 bridgehead atoms. The molecule has 0 amide bonds. The summed E-state index contributed by atoms with van der Waals surface area (Å²) in [5.74, 6) is 0.802. The molecule has 1 N–H and O–H groups in total. The number of fused-ring (bicyclic) bond motifs is 1. The molecule has 0 spiro atoms. The molecular weight excluding hydrogens is 262 g/mol. The summed E-state index contributed by atoms with van der Waals surface area (Å²) in [7, 11) is 0. The highest BCUT2D eigenvalue weighted by molar-refractivity contribution is 5.87. The second-order valence-corrected chi connectivity index (χ2v) is 4.92. The Balaban J connectivity index is 2.02. The van der Waals surface area contributed by atoms with E-state index in [1.807, 2.05) is 41.1 Å². The number of aromatic nitrogens is 4. The van der Waals surface area contributed by atoms with Gasteiger partial charge < -0.3 is 5.32 Å². The molecular formula is C16H17N5. The van der Waals surface area contributed by atoms with Gasteiger partial charge >= 0.3 is 0 Å². The monoisotopic (exact) mass is 279 g/mol. The molecule has 0 fully saturated rings. The van der Waals surface area contributed by atoms with Gasteiger partial charge in [0, 0.05) is 6.04 Å². The number of nitrogens with one attached hydrogen (secondary N) is 1. The van der Waals surface area contributed by atoms with E-state index < -0.39 is 0 Å². The van der Waals surface area contributed by atoms with E-state index in [1.165, 1.54) is 0 Å². The number of para-hydroxylation sites is 1. The van der Waals surface area contributed by atoms with Gasteiger partial charge in [-0.25, -0.2) is 14.6 Å². The normalized spacial score (nSPS) is 12.2.